The summed E-state index contributed by atoms with van der Waals surface area (Å²) in [5.41, 5.74) is -1.27. The number of nitrogens with zero attached hydrogens (tertiary/aromatic N) is 4. The molecule has 0 unspecified atom stereocenters. The van der Waals surface area contributed by atoms with Gasteiger partial charge in [0, 0.05) is 18.5 Å². The zero-order valence-electron chi connectivity index (χ0n) is 15.7. The lowest BCUT2D eigenvalue weighted by molar-refractivity contribution is -0.153. The van der Waals surface area contributed by atoms with Crippen molar-refractivity contribution in [1.29, 1.82) is 0 Å². The molecule has 168 valence electrons. The Balaban J connectivity index is 1.71. The highest BCUT2D eigenvalue weighted by Crippen LogP contribution is 2.28. The molecule has 0 aromatic carbocycles. The van der Waals surface area contributed by atoms with Crippen molar-refractivity contribution in [3.63, 3.8) is 0 Å². The largest absolute Gasteiger partial charge is 0.482 e. The van der Waals surface area contributed by atoms with Gasteiger partial charge in [-0.2, -0.15) is 26.3 Å². The Kier molecular flexibility index (Phi) is 6.41. The monoisotopic (exact) mass is 458 g/mol. The normalized spacial score (nSPS) is 11.7. The van der Waals surface area contributed by atoms with Crippen LogP contribution in [0.5, 0.6) is 5.75 Å². The van der Waals surface area contributed by atoms with Crippen LogP contribution in [0, 0.1) is 0 Å². The summed E-state index contributed by atoms with van der Waals surface area (Å²) in [6, 6.07) is 4.22. The van der Waals surface area contributed by atoms with Crippen LogP contribution in [0.4, 0.5) is 43.7 Å². The van der Waals surface area contributed by atoms with E-state index < -0.39 is 30.6 Å². The number of nitrogens with one attached hydrogen (secondary N) is 2. The Morgan fingerprint density at radius 1 is 0.969 bits per heavy atom. The molecule has 8 nitrogen and oxygen atoms in total. The van der Waals surface area contributed by atoms with E-state index in [1.807, 2.05) is 0 Å². The van der Waals surface area contributed by atoms with Gasteiger partial charge in [-0.15, -0.1) is 0 Å². The second kappa shape index (κ2) is 9.03. The topological polar surface area (TPSA) is 102 Å². The predicted molar refractivity (Wildman–Crippen MR) is 98.3 cm³/mol. The van der Waals surface area contributed by atoms with Crippen LogP contribution in [0.15, 0.2) is 49.1 Å². The van der Waals surface area contributed by atoms with E-state index in [4.69, 9.17) is 0 Å². The molecule has 32 heavy (non-hydrogen) atoms. The first-order valence-electron chi connectivity index (χ1n) is 8.59. The van der Waals surface area contributed by atoms with Crippen LogP contribution in [-0.4, -0.2) is 38.6 Å². The molecule has 0 saturated heterocycles. The quantitative estimate of drug-likeness (QED) is 0.534. The van der Waals surface area contributed by atoms with Crippen molar-refractivity contribution in [2.75, 3.05) is 17.2 Å². The van der Waals surface area contributed by atoms with Crippen molar-refractivity contribution < 1.29 is 35.9 Å². The summed E-state index contributed by atoms with van der Waals surface area (Å²) in [4.78, 5) is 27.2. The van der Waals surface area contributed by atoms with Gasteiger partial charge in [0.05, 0.1) is 18.1 Å². The Hall–Kier alpha value is -3.97. The van der Waals surface area contributed by atoms with E-state index in [1.165, 1.54) is 18.5 Å². The van der Waals surface area contributed by atoms with Crippen LogP contribution in [0.25, 0.3) is 0 Å². The van der Waals surface area contributed by atoms with Gasteiger partial charge in [0.1, 0.15) is 22.8 Å². The maximum Gasteiger partial charge on any atom is 0.433 e. The number of alkyl halides is 6. The summed E-state index contributed by atoms with van der Waals surface area (Å²) in [5.74, 6) is -1.20. The molecule has 0 aliphatic heterocycles. The van der Waals surface area contributed by atoms with Crippen LogP contribution in [0.2, 0.25) is 0 Å². The molecule has 0 spiro atoms. The molecule has 0 fully saturated rings. The van der Waals surface area contributed by atoms with Crippen molar-refractivity contribution in [1.82, 2.24) is 19.9 Å². The minimum atomic E-state index is -4.60. The van der Waals surface area contributed by atoms with Crippen molar-refractivity contribution in [3.8, 4) is 5.75 Å². The standard InChI is InChI=1S/C18H12F6N6O2/c19-17(20,21)9-32-13-4-5-25-8-12(13)29-15(31)11-3-6-26-16(30-11)28-10-1-2-14(27-7-10)18(22,23)24/h1-8H,9H2,(H,29,31)(H,26,28,30). The number of halogens is 6. The van der Waals surface area contributed by atoms with E-state index in [9.17, 15) is 31.1 Å². The van der Waals surface area contributed by atoms with Gasteiger partial charge in [-0.1, -0.05) is 0 Å². The number of aromatic nitrogens is 4. The van der Waals surface area contributed by atoms with Gasteiger partial charge in [0.2, 0.25) is 5.95 Å². The zero-order valence-corrected chi connectivity index (χ0v) is 15.7. The van der Waals surface area contributed by atoms with Gasteiger partial charge in [-0.25, -0.2) is 15.0 Å². The lowest BCUT2D eigenvalue weighted by Gasteiger charge is -2.13. The zero-order chi connectivity index (χ0) is 23.4. The summed E-state index contributed by atoms with van der Waals surface area (Å²) in [6.07, 6.45) is -4.78. The van der Waals surface area contributed by atoms with Crippen LogP contribution in [-0.2, 0) is 6.18 Å². The third-order valence-corrected chi connectivity index (χ3v) is 3.62. The fourth-order valence-corrected chi connectivity index (χ4v) is 2.26. The second-order valence-electron chi connectivity index (χ2n) is 6.05. The van der Waals surface area contributed by atoms with E-state index >= 15 is 0 Å². The lowest BCUT2D eigenvalue weighted by atomic mass is 10.3. The average molecular weight is 458 g/mol. The third-order valence-electron chi connectivity index (χ3n) is 3.62. The summed E-state index contributed by atoms with van der Waals surface area (Å²) >= 11 is 0. The van der Waals surface area contributed by atoms with Gasteiger partial charge >= 0.3 is 12.4 Å². The van der Waals surface area contributed by atoms with Crippen LogP contribution in [0.3, 0.4) is 0 Å². The highest BCUT2D eigenvalue weighted by atomic mass is 19.4. The smallest absolute Gasteiger partial charge is 0.433 e. The number of ether oxygens (including phenoxy) is 1. The maximum atomic E-state index is 12.6. The molecular weight excluding hydrogens is 446 g/mol. The molecule has 1 amide bonds. The van der Waals surface area contributed by atoms with Gasteiger partial charge in [0.15, 0.2) is 6.61 Å². The van der Waals surface area contributed by atoms with Gasteiger partial charge < -0.3 is 15.4 Å². The Bertz CT molecular complexity index is 1090. The lowest BCUT2D eigenvalue weighted by Crippen LogP contribution is -2.21. The average Bonchev–Trinajstić information content (AvgIpc) is 2.72. The maximum absolute atomic E-state index is 12.6. The van der Waals surface area contributed by atoms with E-state index in [0.29, 0.717) is 0 Å². The molecule has 0 aliphatic carbocycles. The molecular formula is C18H12F6N6O2. The molecule has 2 N–H and O–H groups in total. The first-order valence-corrected chi connectivity index (χ1v) is 8.59. The predicted octanol–water partition coefficient (Wildman–Crippen LogP) is 4.22. The van der Waals surface area contributed by atoms with Crippen molar-refractivity contribution in [3.05, 3.63) is 60.4 Å². The summed E-state index contributed by atoms with van der Waals surface area (Å²) in [7, 11) is 0. The third kappa shape index (κ3) is 6.26. The van der Waals surface area contributed by atoms with Crippen molar-refractivity contribution in [2.24, 2.45) is 0 Å². The second-order valence-corrected chi connectivity index (χ2v) is 6.05. The highest BCUT2D eigenvalue weighted by Gasteiger charge is 2.32. The fourth-order valence-electron chi connectivity index (χ4n) is 2.26. The molecule has 0 atom stereocenters. The van der Waals surface area contributed by atoms with E-state index in [2.05, 4.69) is 35.3 Å². The molecule has 0 aliphatic rings. The van der Waals surface area contributed by atoms with Crippen LogP contribution < -0.4 is 15.4 Å². The minimum absolute atomic E-state index is 0.123. The molecule has 0 bridgehead atoms. The number of hydrogen-bond donors (Lipinski definition) is 2. The van der Waals surface area contributed by atoms with Crippen molar-refractivity contribution >= 4 is 23.2 Å². The van der Waals surface area contributed by atoms with Gasteiger partial charge in [-0.05, 0) is 18.2 Å². The highest BCUT2D eigenvalue weighted by molar-refractivity contribution is 6.03. The fraction of sp³-hybridized carbons (Fsp3) is 0.167. The van der Waals surface area contributed by atoms with E-state index in [0.717, 1.165) is 30.6 Å². The number of hydrogen-bond acceptors (Lipinski definition) is 7. The minimum Gasteiger partial charge on any atom is -0.482 e. The number of carbonyl (C=O) groups is 1. The molecule has 3 heterocycles. The Morgan fingerprint density at radius 3 is 2.41 bits per heavy atom. The summed E-state index contributed by atoms with van der Waals surface area (Å²) in [6.45, 7) is -1.57. The molecule has 0 saturated carbocycles. The summed E-state index contributed by atoms with van der Waals surface area (Å²) < 4.78 is 79.6. The molecule has 0 radical (unpaired) electrons. The van der Waals surface area contributed by atoms with Crippen LogP contribution >= 0.6 is 0 Å². The Labute approximate surface area is 175 Å². The number of carbonyl (C=O) groups excluding carboxylic acids is 1. The number of rotatable bonds is 6. The number of pyridine rings is 2. The Morgan fingerprint density at radius 2 is 1.75 bits per heavy atom. The van der Waals surface area contributed by atoms with E-state index in [1.54, 1.807) is 0 Å². The van der Waals surface area contributed by atoms with Gasteiger partial charge in [-0.3, -0.25) is 9.78 Å². The SMILES string of the molecule is O=C(Nc1cnccc1OCC(F)(F)F)c1ccnc(Nc2ccc(C(F)(F)F)nc2)n1. The van der Waals surface area contributed by atoms with Gasteiger partial charge in [0.25, 0.3) is 5.91 Å². The molecule has 3 aromatic rings. The molecule has 3 aromatic heterocycles. The number of anilines is 3. The first-order chi connectivity index (χ1) is 15.0. The molecule has 14 heteroatoms. The summed E-state index contributed by atoms with van der Waals surface area (Å²) in [5, 5.41) is 4.92. The first kappa shape index (κ1) is 22.7. The molecule has 3 rings (SSSR count). The number of amides is 1. The van der Waals surface area contributed by atoms with Crippen molar-refractivity contribution in [2.45, 2.75) is 12.4 Å². The van der Waals surface area contributed by atoms with E-state index in [-0.39, 0.29) is 28.8 Å². The van der Waals surface area contributed by atoms with Crippen LogP contribution in [0.1, 0.15) is 16.2 Å².